The molecule has 0 aliphatic heterocycles. The summed E-state index contributed by atoms with van der Waals surface area (Å²) in [4.78, 5) is 0. The smallest absolute Gasteiger partial charge is 0.0583 e. The molecule has 0 spiro atoms. The topological polar surface area (TPSA) is 4.93 Å². The van der Waals surface area contributed by atoms with Gasteiger partial charge < -0.3 is 4.57 Å². The SMILES string of the molecule is Cc1ccc2c(c1)c1ccc3sc4ccccc4c3c1n2C. The van der Waals surface area contributed by atoms with Crippen molar-refractivity contribution in [2.45, 2.75) is 6.92 Å². The van der Waals surface area contributed by atoms with E-state index in [4.69, 9.17) is 0 Å². The molecule has 0 atom stereocenters. The Morgan fingerprint density at radius 1 is 0.818 bits per heavy atom. The van der Waals surface area contributed by atoms with Gasteiger partial charge in [0, 0.05) is 43.5 Å². The Hall–Kier alpha value is -2.32. The van der Waals surface area contributed by atoms with Crippen molar-refractivity contribution in [1.29, 1.82) is 0 Å². The molecule has 2 aromatic heterocycles. The average Bonchev–Trinajstić information content (AvgIpc) is 3.03. The van der Waals surface area contributed by atoms with Crippen LogP contribution in [-0.4, -0.2) is 4.57 Å². The molecule has 5 aromatic rings. The number of hydrogen-bond donors (Lipinski definition) is 0. The molecule has 0 saturated heterocycles. The lowest BCUT2D eigenvalue weighted by Crippen LogP contribution is -1.87. The lowest BCUT2D eigenvalue weighted by atomic mass is 10.1. The highest BCUT2D eigenvalue weighted by Crippen LogP contribution is 2.41. The van der Waals surface area contributed by atoms with Crippen molar-refractivity contribution >= 4 is 53.3 Å². The third-order valence-corrected chi connectivity index (χ3v) is 5.79. The highest BCUT2D eigenvalue weighted by molar-refractivity contribution is 7.26. The van der Waals surface area contributed by atoms with Gasteiger partial charge in [-0.3, -0.25) is 0 Å². The molecule has 3 aromatic carbocycles. The number of fused-ring (bicyclic) bond motifs is 7. The summed E-state index contributed by atoms with van der Waals surface area (Å²) in [7, 11) is 2.19. The van der Waals surface area contributed by atoms with Crippen LogP contribution in [0.5, 0.6) is 0 Å². The number of aromatic nitrogens is 1. The lowest BCUT2D eigenvalue weighted by molar-refractivity contribution is 1.02. The molecule has 0 unspecified atom stereocenters. The molecule has 2 heterocycles. The van der Waals surface area contributed by atoms with Gasteiger partial charge in [0.2, 0.25) is 0 Å². The van der Waals surface area contributed by atoms with Gasteiger partial charge in [-0.1, -0.05) is 35.9 Å². The fourth-order valence-corrected chi connectivity index (χ4v) is 4.75. The van der Waals surface area contributed by atoms with E-state index in [-0.39, 0.29) is 0 Å². The van der Waals surface area contributed by atoms with Crippen LogP contribution in [0, 0.1) is 6.92 Å². The van der Waals surface area contributed by atoms with E-state index in [9.17, 15) is 0 Å². The van der Waals surface area contributed by atoms with E-state index in [1.54, 1.807) is 0 Å². The third-order valence-electron chi connectivity index (χ3n) is 4.66. The molecule has 0 fully saturated rings. The summed E-state index contributed by atoms with van der Waals surface area (Å²) < 4.78 is 5.09. The predicted octanol–water partition coefficient (Wildman–Crippen LogP) is 6.01. The minimum Gasteiger partial charge on any atom is -0.343 e. The first-order chi connectivity index (χ1) is 10.7. The second-order valence-electron chi connectivity index (χ2n) is 6.01. The Morgan fingerprint density at radius 3 is 2.59 bits per heavy atom. The monoisotopic (exact) mass is 301 g/mol. The Bertz CT molecular complexity index is 1190. The van der Waals surface area contributed by atoms with E-state index in [0.29, 0.717) is 0 Å². The van der Waals surface area contributed by atoms with E-state index in [1.807, 2.05) is 11.3 Å². The van der Waals surface area contributed by atoms with Crippen LogP contribution >= 0.6 is 11.3 Å². The molecule has 0 aliphatic rings. The Labute approximate surface area is 132 Å². The standard InChI is InChI=1S/C20H15NS/c1-12-7-9-16-15(11-12)13-8-10-18-19(20(13)21(16)2)14-5-3-4-6-17(14)22-18/h3-11H,1-2H3. The predicted molar refractivity (Wildman–Crippen MR) is 98.1 cm³/mol. The normalized spacial score (nSPS) is 12.1. The van der Waals surface area contributed by atoms with Crippen molar-refractivity contribution in [2.24, 2.45) is 7.05 Å². The molecule has 0 N–H and O–H groups in total. The van der Waals surface area contributed by atoms with Crippen LogP contribution in [0.1, 0.15) is 5.56 Å². The number of aryl methyl sites for hydroxylation is 2. The van der Waals surface area contributed by atoms with Gasteiger partial charge in [-0.25, -0.2) is 0 Å². The first kappa shape index (κ1) is 12.2. The Morgan fingerprint density at radius 2 is 1.68 bits per heavy atom. The van der Waals surface area contributed by atoms with Gasteiger partial charge in [0.25, 0.3) is 0 Å². The number of benzene rings is 3. The quantitative estimate of drug-likeness (QED) is 0.330. The van der Waals surface area contributed by atoms with Crippen molar-refractivity contribution in [3.8, 4) is 0 Å². The molecule has 106 valence electrons. The van der Waals surface area contributed by atoms with E-state index in [1.165, 1.54) is 47.5 Å². The summed E-state index contributed by atoms with van der Waals surface area (Å²) in [6.07, 6.45) is 0. The Kier molecular flexibility index (Phi) is 2.29. The molecule has 0 aliphatic carbocycles. The Balaban J connectivity index is 2.15. The molecule has 1 nitrogen and oxygen atoms in total. The molecule has 5 rings (SSSR count). The van der Waals surface area contributed by atoms with Crippen molar-refractivity contribution in [3.05, 3.63) is 60.2 Å². The second kappa shape index (κ2) is 4.11. The maximum Gasteiger partial charge on any atom is 0.0583 e. The molecule has 0 radical (unpaired) electrons. The van der Waals surface area contributed by atoms with Crippen molar-refractivity contribution in [1.82, 2.24) is 4.57 Å². The minimum atomic E-state index is 1.31. The van der Waals surface area contributed by atoms with Gasteiger partial charge in [-0.05, 0) is 31.2 Å². The molecule has 0 amide bonds. The van der Waals surface area contributed by atoms with Gasteiger partial charge in [0.05, 0.1) is 5.52 Å². The molecular formula is C20H15NS. The maximum atomic E-state index is 2.35. The zero-order valence-electron chi connectivity index (χ0n) is 12.6. The molecule has 22 heavy (non-hydrogen) atoms. The van der Waals surface area contributed by atoms with Crippen LogP contribution in [0.15, 0.2) is 54.6 Å². The van der Waals surface area contributed by atoms with Crippen molar-refractivity contribution in [2.75, 3.05) is 0 Å². The van der Waals surface area contributed by atoms with E-state index < -0.39 is 0 Å². The van der Waals surface area contributed by atoms with Gasteiger partial charge in [0.15, 0.2) is 0 Å². The lowest BCUT2D eigenvalue weighted by Gasteiger charge is -2.00. The summed E-state index contributed by atoms with van der Waals surface area (Å²) in [5.74, 6) is 0. The largest absolute Gasteiger partial charge is 0.343 e. The average molecular weight is 301 g/mol. The molecular weight excluding hydrogens is 286 g/mol. The van der Waals surface area contributed by atoms with E-state index >= 15 is 0 Å². The van der Waals surface area contributed by atoms with Gasteiger partial charge in [-0.15, -0.1) is 11.3 Å². The van der Waals surface area contributed by atoms with Crippen molar-refractivity contribution in [3.63, 3.8) is 0 Å². The summed E-state index contributed by atoms with van der Waals surface area (Å²) in [5.41, 5.74) is 3.98. The number of nitrogens with zero attached hydrogens (tertiary/aromatic N) is 1. The highest BCUT2D eigenvalue weighted by Gasteiger charge is 2.14. The van der Waals surface area contributed by atoms with Gasteiger partial charge >= 0.3 is 0 Å². The fraction of sp³-hybridized carbons (Fsp3) is 0.100. The van der Waals surface area contributed by atoms with Crippen molar-refractivity contribution < 1.29 is 0 Å². The molecule has 0 saturated carbocycles. The number of hydrogen-bond acceptors (Lipinski definition) is 1. The second-order valence-corrected chi connectivity index (χ2v) is 7.10. The van der Waals surface area contributed by atoms with E-state index in [0.717, 1.165) is 0 Å². The highest BCUT2D eigenvalue weighted by atomic mass is 32.1. The zero-order chi connectivity index (χ0) is 14.8. The van der Waals surface area contributed by atoms with Crippen LogP contribution in [0.25, 0.3) is 42.0 Å². The molecule has 0 bridgehead atoms. The number of rotatable bonds is 0. The van der Waals surface area contributed by atoms with Crippen LogP contribution in [0.3, 0.4) is 0 Å². The maximum absolute atomic E-state index is 2.35. The third kappa shape index (κ3) is 1.43. The first-order valence-corrected chi connectivity index (χ1v) is 8.35. The summed E-state index contributed by atoms with van der Waals surface area (Å²) in [6, 6.07) is 20.0. The van der Waals surface area contributed by atoms with Crippen LogP contribution < -0.4 is 0 Å². The zero-order valence-corrected chi connectivity index (χ0v) is 13.4. The number of thiophene rings is 1. The molecule has 2 heteroatoms. The van der Waals surface area contributed by atoms with E-state index in [2.05, 4.69) is 73.1 Å². The van der Waals surface area contributed by atoms with Gasteiger partial charge in [-0.2, -0.15) is 0 Å². The van der Waals surface area contributed by atoms with Gasteiger partial charge in [0.1, 0.15) is 0 Å². The van der Waals surface area contributed by atoms with Crippen LogP contribution in [0.2, 0.25) is 0 Å². The minimum absolute atomic E-state index is 1.31. The van der Waals surface area contributed by atoms with Crippen LogP contribution in [-0.2, 0) is 7.05 Å². The first-order valence-electron chi connectivity index (χ1n) is 7.53. The summed E-state index contributed by atoms with van der Waals surface area (Å²) >= 11 is 1.88. The summed E-state index contributed by atoms with van der Waals surface area (Å²) in [6.45, 7) is 2.16. The fourth-order valence-electron chi connectivity index (χ4n) is 3.64. The van der Waals surface area contributed by atoms with Crippen LogP contribution in [0.4, 0.5) is 0 Å². The summed E-state index contributed by atoms with van der Waals surface area (Å²) in [5, 5.41) is 5.48.